The summed E-state index contributed by atoms with van der Waals surface area (Å²) in [5.41, 5.74) is 0. The topological polar surface area (TPSA) is 44.8 Å². The molecule has 4 heteroatoms. The van der Waals surface area contributed by atoms with Gasteiger partial charge in [-0.15, -0.1) is 0 Å². The molecular formula is C8H14O4. The van der Waals surface area contributed by atoms with Gasteiger partial charge in [0.05, 0.1) is 21.3 Å². The molecule has 0 aromatic rings. The fourth-order valence-corrected chi connectivity index (χ4v) is 0.788. The monoisotopic (exact) mass is 174 g/mol. The number of hydrogen-bond donors (Lipinski definition) is 0. The van der Waals surface area contributed by atoms with Crippen molar-refractivity contribution < 1.29 is 19.0 Å². The SMILES string of the molecule is COC(CCC=O)=C(OC)OC. The Bertz CT molecular complexity index is 156. The summed E-state index contributed by atoms with van der Waals surface area (Å²) in [7, 11) is 4.48. The number of rotatable bonds is 6. The van der Waals surface area contributed by atoms with Gasteiger partial charge >= 0.3 is 5.95 Å². The van der Waals surface area contributed by atoms with Crippen LogP contribution in [0.15, 0.2) is 11.7 Å². The zero-order chi connectivity index (χ0) is 9.40. The number of hydrogen-bond acceptors (Lipinski definition) is 4. The Morgan fingerprint density at radius 2 is 1.75 bits per heavy atom. The normalized spacial score (nSPS) is 8.58. The zero-order valence-electron chi connectivity index (χ0n) is 7.62. The van der Waals surface area contributed by atoms with Crippen molar-refractivity contribution in [3.8, 4) is 0 Å². The van der Waals surface area contributed by atoms with Crippen LogP contribution in [0.2, 0.25) is 0 Å². The molecule has 0 bridgehead atoms. The van der Waals surface area contributed by atoms with Gasteiger partial charge in [0.1, 0.15) is 6.29 Å². The average molecular weight is 174 g/mol. The van der Waals surface area contributed by atoms with Crippen LogP contribution in [-0.4, -0.2) is 27.6 Å². The molecule has 0 amide bonds. The number of allylic oxidation sites excluding steroid dienone is 1. The summed E-state index contributed by atoms with van der Waals surface area (Å²) in [5.74, 6) is 0.867. The van der Waals surface area contributed by atoms with E-state index in [1.54, 1.807) is 0 Å². The first kappa shape index (κ1) is 10.8. The maximum atomic E-state index is 10.1. The molecule has 0 aromatic carbocycles. The lowest BCUT2D eigenvalue weighted by molar-refractivity contribution is -0.107. The van der Waals surface area contributed by atoms with Crippen LogP contribution in [0.5, 0.6) is 0 Å². The van der Waals surface area contributed by atoms with Gasteiger partial charge in [-0.3, -0.25) is 0 Å². The number of carbonyl (C=O) groups excluding carboxylic acids is 1. The first-order valence-corrected chi connectivity index (χ1v) is 3.58. The second-order valence-electron chi connectivity index (χ2n) is 2.03. The van der Waals surface area contributed by atoms with E-state index in [-0.39, 0.29) is 0 Å². The van der Waals surface area contributed by atoms with Crippen LogP contribution in [0.4, 0.5) is 0 Å². The summed E-state index contributed by atoms with van der Waals surface area (Å²) < 4.78 is 14.7. The van der Waals surface area contributed by atoms with Crippen molar-refractivity contribution in [2.75, 3.05) is 21.3 Å². The Morgan fingerprint density at radius 1 is 1.17 bits per heavy atom. The molecule has 0 radical (unpaired) electrons. The van der Waals surface area contributed by atoms with E-state index in [9.17, 15) is 4.79 Å². The predicted octanol–water partition coefficient (Wildman–Crippen LogP) is 1.07. The summed E-state index contributed by atoms with van der Waals surface area (Å²) in [6, 6.07) is 0. The lowest BCUT2D eigenvalue weighted by Gasteiger charge is -2.09. The first-order valence-electron chi connectivity index (χ1n) is 3.58. The summed E-state index contributed by atoms with van der Waals surface area (Å²) in [4.78, 5) is 10.1. The molecule has 70 valence electrons. The number of carbonyl (C=O) groups is 1. The molecule has 12 heavy (non-hydrogen) atoms. The van der Waals surface area contributed by atoms with Crippen LogP contribution in [-0.2, 0) is 19.0 Å². The van der Waals surface area contributed by atoms with Gasteiger partial charge in [-0.2, -0.15) is 0 Å². The molecule has 0 aliphatic rings. The van der Waals surface area contributed by atoms with E-state index < -0.39 is 0 Å². The minimum atomic E-state index is 0.319. The van der Waals surface area contributed by atoms with Crippen LogP contribution in [0, 0.1) is 0 Å². The Balaban J connectivity index is 4.23. The standard InChI is InChI=1S/C8H14O4/c1-10-7(5-4-6-9)8(11-2)12-3/h6H,4-5H2,1-3H3. The van der Waals surface area contributed by atoms with Crippen molar-refractivity contribution in [1.82, 2.24) is 0 Å². The van der Waals surface area contributed by atoms with Crippen LogP contribution in [0.25, 0.3) is 0 Å². The van der Waals surface area contributed by atoms with Gasteiger partial charge in [0.15, 0.2) is 5.76 Å². The molecule has 0 unspecified atom stereocenters. The predicted molar refractivity (Wildman–Crippen MR) is 43.4 cm³/mol. The first-order chi connectivity index (χ1) is 5.79. The highest BCUT2D eigenvalue weighted by molar-refractivity contribution is 5.49. The minimum Gasteiger partial charge on any atom is -0.494 e. The van der Waals surface area contributed by atoms with E-state index in [0.717, 1.165) is 6.29 Å². The maximum Gasteiger partial charge on any atom is 0.318 e. The van der Waals surface area contributed by atoms with Gasteiger partial charge in [-0.1, -0.05) is 0 Å². The van der Waals surface area contributed by atoms with Gasteiger partial charge in [-0.05, 0) is 0 Å². The van der Waals surface area contributed by atoms with Crippen molar-refractivity contribution >= 4 is 6.29 Å². The summed E-state index contributed by atoms with van der Waals surface area (Å²) in [6.07, 6.45) is 1.72. The lowest BCUT2D eigenvalue weighted by Crippen LogP contribution is -1.99. The van der Waals surface area contributed by atoms with Gasteiger partial charge < -0.3 is 19.0 Å². The maximum absolute atomic E-state index is 10.1. The van der Waals surface area contributed by atoms with Crippen LogP contribution >= 0.6 is 0 Å². The molecule has 0 spiro atoms. The lowest BCUT2D eigenvalue weighted by atomic mass is 10.3. The van der Waals surface area contributed by atoms with Gasteiger partial charge in [0.25, 0.3) is 0 Å². The third-order valence-corrected chi connectivity index (χ3v) is 1.33. The van der Waals surface area contributed by atoms with Crippen LogP contribution < -0.4 is 0 Å². The summed E-state index contributed by atoms with van der Waals surface area (Å²) >= 11 is 0. The zero-order valence-corrected chi connectivity index (χ0v) is 7.62. The molecule has 0 heterocycles. The Kier molecular flexibility index (Phi) is 5.87. The highest BCUT2D eigenvalue weighted by atomic mass is 16.7. The van der Waals surface area contributed by atoms with E-state index in [2.05, 4.69) is 0 Å². The van der Waals surface area contributed by atoms with Crippen LogP contribution in [0.3, 0.4) is 0 Å². The Labute approximate surface area is 72.1 Å². The molecule has 0 saturated heterocycles. The van der Waals surface area contributed by atoms with E-state index >= 15 is 0 Å². The van der Waals surface area contributed by atoms with Gasteiger partial charge in [0.2, 0.25) is 0 Å². The largest absolute Gasteiger partial charge is 0.494 e. The van der Waals surface area contributed by atoms with E-state index in [4.69, 9.17) is 14.2 Å². The number of aldehydes is 1. The molecule has 0 aliphatic carbocycles. The fourth-order valence-electron chi connectivity index (χ4n) is 0.788. The fraction of sp³-hybridized carbons (Fsp3) is 0.625. The molecule has 0 aliphatic heterocycles. The highest BCUT2D eigenvalue weighted by Gasteiger charge is 2.07. The molecule has 0 saturated carbocycles. The van der Waals surface area contributed by atoms with Crippen LogP contribution in [0.1, 0.15) is 12.8 Å². The Hall–Kier alpha value is -1.19. The van der Waals surface area contributed by atoms with Crippen molar-refractivity contribution in [2.24, 2.45) is 0 Å². The second-order valence-corrected chi connectivity index (χ2v) is 2.03. The van der Waals surface area contributed by atoms with Crippen molar-refractivity contribution in [1.29, 1.82) is 0 Å². The minimum absolute atomic E-state index is 0.319. The van der Waals surface area contributed by atoms with E-state index in [0.29, 0.717) is 24.5 Å². The third kappa shape index (κ3) is 3.27. The highest BCUT2D eigenvalue weighted by Crippen LogP contribution is 2.12. The molecule has 0 fully saturated rings. The van der Waals surface area contributed by atoms with Crippen molar-refractivity contribution in [3.63, 3.8) is 0 Å². The molecule has 0 rings (SSSR count). The molecular weight excluding hydrogens is 160 g/mol. The average Bonchev–Trinajstić information content (AvgIpc) is 2.12. The second kappa shape index (κ2) is 6.52. The summed E-state index contributed by atoms with van der Waals surface area (Å²) in [6.45, 7) is 0. The molecule has 0 aromatic heterocycles. The van der Waals surface area contributed by atoms with Crippen molar-refractivity contribution in [2.45, 2.75) is 12.8 Å². The molecule has 4 nitrogen and oxygen atoms in total. The Morgan fingerprint density at radius 3 is 2.08 bits per heavy atom. The van der Waals surface area contributed by atoms with E-state index in [1.807, 2.05) is 0 Å². The van der Waals surface area contributed by atoms with Gasteiger partial charge in [0, 0.05) is 12.8 Å². The van der Waals surface area contributed by atoms with Gasteiger partial charge in [-0.25, -0.2) is 0 Å². The number of methoxy groups -OCH3 is 3. The van der Waals surface area contributed by atoms with E-state index in [1.165, 1.54) is 21.3 Å². The number of ether oxygens (including phenoxy) is 3. The smallest absolute Gasteiger partial charge is 0.318 e. The third-order valence-electron chi connectivity index (χ3n) is 1.33. The molecule has 0 atom stereocenters. The summed E-state index contributed by atoms with van der Waals surface area (Å²) in [5, 5.41) is 0. The van der Waals surface area contributed by atoms with Crippen molar-refractivity contribution in [3.05, 3.63) is 11.7 Å². The quantitative estimate of drug-likeness (QED) is 0.446. The molecule has 0 N–H and O–H groups in total.